The van der Waals surface area contributed by atoms with Gasteiger partial charge in [-0.25, -0.2) is 0 Å². The molecule has 0 aromatic heterocycles. The first-order valence-corrected chi connectivity index (χ1v) is 15.8. The van der Waals surface area contributed by atoms with Crippen molar-refractivity contribution in [2.24, 2.45) is 0 Å². The highest BCUT2D eigenvalue weighted by Gasteiger charge is 2.49. The average Bonchev–Trinajstić information content (AvgIpc) is 3.09. The minimum Gasteiger partial charge on any atom is -0.499 e. The first-order chi connectivity index (χ1) is 22.6. The number of rotatable bonds is 15. The zero-order valence-corrected chi connectivity index (χ0v) is 26.5. The van der Waals surface area contributed by atoms with E-state index in [1.807, 2.05) is 91.0 Å². The summed E-state index contributed by atoms with van der Waals surface area (Å²) in [5.41, 5.74) is 3.07. The Labute approximate surface area is 271 Å². The second-order valence-corrected chi connectivity index (χ2v) is 11.3. The molecule has 0 aliphatic carbocycles. The van der Waals surface area contributed by atoms with Gasteiger partial charge in [0.1, 0.15) is 43.2 Å². The Bertz CT molecular complexity index is 1320. The van der Waals surface area contributed by atoms with E-state index in [2.05, 4.69) is 0 Å². The molecule has 5 rings (SSSR count). The second-order valence-electron chi connectivity index (χ2n) is 11.3. The van der Waals surface area contributed by atoms with Crippen molar-refractivity contribution in [3.05, 3.63) is 120 Å². The lowest BCUT2D eigenvalue weighted by molar-refractivity contribution is -0.321. The second kappa shape index (κ2) is 17.9. The van der Waals surface area contributed by atoms with Gasteiger partial charge in [-0.1, -0.05) is 91.0 Å². The fraction of sp³-hybridized carbons (Fsp3) is 0.432. The van der Waals surface area contributed by atoms with E-state index in [9.17, 15) is 4.79 Å². The third-order valence-electron chi connectivity index (χ3n) is 7.93. The van der Waals surface area contributed by atoms with E-state index >= 15 is 0 Å². The van der Waals surface area contributed by atoms with E-state index in [1.165, 1.54) is 6.92 Å². The predicted molar refractivity (Wildman–Crippen MR) is 170 cm³/mol. The first-order valence-electron chi connectivity index (χ1n) is 15.8. The molecule has 0 spiro atoms. The summed E-state index contributed by atoms with van der Waals surface area (Å²) in [7, 11) is 1.59. The molecule has 3 aromatic carbocycles. The Kier molecular flexibility index (Phi) is 13.2. The van der Waals surface area contributed by atoms with Crippen LogP contribution in [0.25, 0.3) is 0 Å². The SMILES string of the molecule is CO[C@H]1O[C@H](CO/C=C/[C@H]2OCCC[C@@H]2OC(C)=O)[C@@H](OCc2ccccc2)[C@H](OCc2ccccc2)[C@H]1OCc1ccccc1. The number of methoxy groups -OCH3 is 1. The van der Waals surface area contributed by atoms with Crippen LogP contribution in [0.3, 0.4) is 0 Å². The molecule has 7 atom stereocenters. The molecule has 0 amide bonds. The van der Waals surface area contributed by atoms with Crippen LogP contribution >= 0.6 is 0 Å². The normalized spacial score (nSPS) is 26.5. The molecule has 246 valence electrons. The van der Waals surface area contributed by atoms with Crippen molar-refractivity contribution in [2.75, 3.05) is 20.3 Å². The van der Waals surface area contributed by atoms with Gasteiger partial charge in [0.15, 0.2) is 6.29 Å². The van der Waals surface area contributed by atoms with E-state index < -0.39 is 30.7 Å². The van der Waals surface area contributed by atoms with Crippen molar-refractivity contribution in [3.63, 3.8) is 0 Å². The monoisotopic (exact) mass is 632 g/mol. The van der Waals surface area contributed by atoms with Gasteiger partial charge in [0.25, 0.3) is 0 Å². The quantitative estimate of drug-likeness (QED) is 0.153. The van der Waals surface area contributed by atoms with Gasteiger partial charge in [-0.15, -0.1) is 0 Å². The standard InChI is InChI=1S/C37H44O9/c1-27(38)45-32-19-12-21-41-31(32)20-22-40-26-33-34(42-23-28-13-6-3-7-14-28)35(43-24-29-15-8-4-9-16-29)36(37(39-2)46-33)44-25-30-17-10-5-11-18-30/h3-11,13-18,20,22,31-37H,12,19,21,23-26H2,1-2H3/b22-20+/t31-,32+,33-,34-,35+,36-,37+/m1/s1. The Morgan fingerprint density at radius 2 is 1.33 bits per heavy atom. The van der Waals surface area contributed by atoms with E-state index in [-0.39, 0.29) is 24.8 Å². The van der Waals surface area contributed by atoms with Crippen LogP contribution in [0.4, 0.5) is 0 Å². The molecule has 9 nitrogen and oxygen atoms in total. The van der Waals surface area contributed by atoms with Crippen LogP contribution in [-0.2, 0) is 62.5 Å². The summed E-state index contributed by atoms with van der Waals surface area (Å²) in [6.45, 7) is 3.19. The lowest BCUT2D eigenvalue weighted by Crippen LogP contribution is -2.61. The molecule has 0 unspecified atom stereocenters. The molecule has 2 heterocycles. The number of hydrogen-bond donors (Lipinski definition) is 0. The summed E-state index contributed by atoms with van der Waals surface area (Å²) >= 11 is 0. The Hall–Kier alpha value is -3.57. The maximum absolute atomic E-state index is 11.6. The molecular weight excluding hydrogens is 588 g/mol. The summed E-state index contributed by atoms with van der Waals surface area (Å²) < 4.78 is 49.3. The molecule has 2 aliphatic heterocycles. The van der Waals surface area contributed by atoms with Crippen molar-refractivity contribution in [1.82, 2.24) is 0 Å². The zero-order valence-electron chi connectivity index (χ0n) is 26.5. The van der Waals surface area contributed by atoms with Gasteiger partial charge in [-0.2, -0.15) is 0 Å². The molecule has 2 fully saturated rings. The highest BCUT2D eigenvalue weighted by molar-refractivity contribution is 5.66. The fourth-order valence-corrected chi connectivity index (χ4v) is 5.65. The molecule has 0 bridgehead atoms. The topological polar surface area (TPSA) is 90.9 Å². The highest BCUT2D eigenvalue weighted by atomic mass is 16.7. The van der Waals surface area contributed by atoms with E-state index in [0.717, 1.165) is 29.5 Å². The van der Waals surface area contributed by atoms with Crippen molar-refractivity contribution >= 4 is 5.97 Å². The molecule has 9 heteroatoms. The van der Waals surface area contributed by atoms with E-state index in [1.54, 1.807) is 19.4 Å². The van der Waals surface area contributed by atoms with Crippen LogP contribution in [0.15, 0.2) is 103 Å². The number of ether oxygens (including phenoxy) is 8. The molecular formula is C37H44O9. The maximum Gasteiger partial charge on any atom is 0.303 e. The van der Waals surface area contributed by atoms with Crippen LogP contribution in [0.2, 0.25) is 0 Å². The minimum absolute atomic E-state index is 0.150. The lowest BCUT2D eigenvalue weighted by Gasteiger charge is -2.45. The largest absolute Gasteiger partial charge is 0.499 e. The Morgan fingerprint density at radius 1 is 0.783 bits per heavy atom. The fourth-order valence-electron chi connectivity index (χ4n) is 5.65. The molecule has 0 N–H and O–H groups in total. The number of carbonyl (C=O) groups is 1. The molecule has 2 aliphatic rings. The number of esters is 1. The summed E-state index contributed by atoms with van der Waals surface area (Å²) in [5.74, 6) is -0.333. The molecule has 46 heavy (non-hydrogen) atoms. The van der Waals surface area contributed by atoms with E-state index in [0.29, 0.717) is 26.4 Å². The Balaban J connectivity index is 1.35. The van der Waals surface area contributed by atoms with Gasteiger partial charge < -0.3 is 37.9 Å². The van der Waals surface area contributed by atoms with Gasteiger partial charge in [0, 0.05) is 20.6 Å². The first kappa shape index (κ1) is 33.8. The summed E-state index contributed by atoms with van der Waals surface area (Å²) in [4.78, 5) is 11.6. The van der Waals surface area contributed by atoms with Gasteiger partial charge in [-0.3, -0.25) is 4.79 Å². The zero-order chi connectivity index (χ0) is 32.0. The summed E-state index contributed by atoms with van der Waals surface area (Å²) in [5, 5.41) is 0. The van der Waals surface area contributed by atoms with Crippen molar-refractivity contribution in [2.45, 2.75) is 82.5 Å². The number of benzene rings is 3. The van der Waals surface area contributed by atoms with Gasteiger partial charge >= 0.3 is 5.97 Å². The van der Waals surface area contributed by atoms with Crippen molar-refractivity contribution < 1.29 is 42.7 Å². The van der Waals surface area contributed by atoms with Crippen LogP contribution in [0.5, 0.6) is 0 Å². The Morgan fingerprint density at radius 3 is 1.87 bits per heavy atom. The molecule has 0 saturated carbocycles. The van der Waals surface area contributed by atoms with Crippen LogP contribution in [0.1, 0.15) is 36.5 Å². The molecule has 2 saturated heterocycles. The predicted octanol–water partition coefficient (Wildman–Crippen LogP) is 5.75. The minimum atomic E-state index is -0.742. The number of carbonyl (C=O) groups excluding carboxylic acids is 1. The summed E-state index contributed by atoms with van der Waals surface area (Å²) in [6.07, 6.45) is 1.15. The van der Waals surface area contributed by atoms with Crippen LogP contribution < -0.4 is 0 Å². The third-order valence-corrected chi connectivity index (χ3v) is 7.93. The number of hydrogen-bond acceptors (Lipinski definition) is 9. The smallest absolute Gasteiger partial charge is 0.303 e. The van der Waals surface area contributed by atoms with Gasteiger partial charge in [0.2, 0.25) is 0 Å². The third kappa shape index (κ3) is 9.96. The highest BCUT2D eigenvalue weighted by Crippen LogP contribution is 2.31. The van der Waals surface area contributed by atoms with Crippen molar-refractivity contribution in [3.8, 4) is 0 Å². The molecule has 0 radical (unpaired) electrons. The van der Waals surface area contributed by atoms with E-state index in [4.69, 9.17) is 37.9 Å². The van der Waals surface area contributed by atoms with Crippen LogP contribution in [0, 0.1) is 0 Å². The molecule has 3 aromatic rings. The summed E-state index contributed by atoms with van der Waals surface area (Å²) in [6, 6.07) is 29.9. The lowest BCUT2D eigenvalue weighted by atomic mass is 9.98. The van der Waals surface area contributed by atoms with Gasteiger partial charge in [0.05, 0.1) is 26.1 Å². The van der Waals surface area contributed by atoms with Crippen molar-refractivity contribution in [1.29, 1.82) is 0 Å². The maximum atomic E-state index is 11.6. The van der Waals surface area contributed by atoms with Gasteiger partial charge in [-0.05, 0) is 35.6 Å². The average molecular weight is 633 g/mol. The van der Waals surface area contributed by atoms with Crippen LogP contribution in [-0.4, -0.2) is 69.2 Å².